The Morgan fingerprint density at radius 2 is 1.86 bits per heavy atom. The van der Waals surface area contributed by atoms with Crippen LogP contribution in [0.25, 0.3) is 0 Å². The highest BCUT2D eigenvalue weighted by Crippen LogP contribution is 2.22. The Morgan fingerprint density at radius 3 is 2.43 bits per heavy atom. The molecule has 6 nitrogen and oxygen atoms in total. The number of benzene rings is 1. The molecule has 0 aliphatic rings. The molecule has 21 heavy (non-hydrogen) atoms. The number of hydrogen-bond acceptors (Lipinski definition) is 4. The maximum atomic E-state index is 11.2. The Morgan fingerprint density at radius 1 is 1.10 bits per heavy atom. The number of carbonyl (C=O) groups is 2. The predicted molar refractivity (Wildman–Crippen MR) is 76.5 cm³/mol. The third-order valence-corrected chi connectivity index (χ3v) is 2.80. The van der Waals surface area contributed by atoms with Gasteiger partial charge in [-0.25, -0.2) is 9.59 Å². The molecular formula is C15H12N2O4. The van der Waals surface area contributed by atoms with Crippen LogP contribution in [-0.2, 0) is 0 Å². The van der Waals surface area contributed by atoms with Crippen molar-refractivity contribution in [1.82, 2.24) is 4.98 Å². The van der Waals surface area contributed by atoms with Gasteiger partial charge in [0, 0.05) is 6.20 Å². The second-order valence-corrected chi connectivity index (χ2v) is 4.25. The summed E-state index contributed by atoms with van der Waals surface area (Å²) in [7, 11) is 0. The highest BCUT2D eigenvalue weighted by molar-refractivity contribution is 6.02. The van der Waals surface area contributed by atoms with Crippen molar-refractivity contribution in [3.05, 3.63) is 59.4 Å². The number of aliphatic imine (C=N–C) groups is 1. The molecule has 0 unspecified atom stereocenters. The maximum Gasteiger partial charge on any atom is 0.337 e. The van der Waals surface area contributed by atoms with Crippen molar-refractivity contribution >= 4 is 23.3 Å². The zero-order valence-corrected chi connectivity index (χ0v) is 11.1. The molecule has 106 valence electrons. The Kier molecular flexibility index (Phi) is 4.08. The summed E-state index contributed by atoms with van der Waals surface area (Å²) in [4.78, 5) is 30.5. The van der Waals surface area contributed by atoms with Crippen LogP contribution in [0.2, 0.25) is 0 Å². The third-order valence-electron chi connectivity index (χ3n) is 2.80. The Balaban J connectivity index is 2.53. The van der Waals surface area contributed by atoms with E-state index < -0.39 is 11.9 Å². The van der Waals surface area contributed by atoms with Gasteiger partial charge in [0.2, 0.25) is 0 Å². The highest BCUT2D eigenvalue weighted by atomic mass is 16.4. The molecule has 1 aromatic heterocycles. The summed E-state index contributed by atoms with van der Waals surface area (Å²) in [6, 6.07) is 8.98. The largest absolute Gasteiger partial charge is 0.478 e. The summed E-state index contributed by atoms with van der Waals surface area (Å²) >= 11 is 0. The number of pyridine rings is 1. The Bertz CT molecular complexity index is 724. The number of rotatable bonds is 4. The fourth-order valence-electron chi connectivity index (χ4n) is 1.75. The van der Waals surface area contributed by atoms with E-state index in [4.69, 9.17) is 10.2 Å². The van der Waals surface area contributed by atoms with Crippen LogP contribution in [0.5, 0.6) is 0 Å². The first kappa shape index (κ1) is 14.4. The van der Waals surface area contributed by atoms with Gasteiger partial charge in [-0.15, -0.1) is 0 Å². The minimum absolute atomic E-state index is 0.0208. The number of hydrogen-bond donors (Lipinski definition) is 2. The molecule has 2 N–H and O–H groups in total. The molecule has 0 bridgehead atoms. The first-order valence-corrected chi connectivity index (χ1v) is 6.06. The normalized spacial score (nSPS) is 11.2. The molecule has 1 heterocycles. The van der Waals surface area contributed by atoms with Crippen molar-refractivity contribution < 1.29 is 19.8 Å². The van der Waals surface area contributed by atoms with Gasteiger partial charge in [-0.2, -0.15) is 0 Å². The highest BCUT2D eigenvalue weighted by Gasteiger charge is 2.13. The van der Waals surface area contributed by atoms with Crippen LogP contribution in [0.1, 0.15) is 33.3 Å². The van der Waals surface area contributed by atoms with Crippen LogP contribution < -0.4 is 0 Å². The number of carboxylic acids is 2. The lowest BCUT2D eigenvalue weighted by Gasteiger charge is -2.05. The van der Waals surface area contributed by atoms with E-state index in [1.807, 2.05) is 0 Å². The molecule has 2 rings (SSSR count). The summed E-state index contributed by atoms with van der Waals surface area (Å²) < 4.78 is 0. The quantitative estimate of drug-likeness (QED) is 0.840. The molecule has 0 fully saturated rings. The monoisotopic (exact) mass is 284 g/mol. The number of aromatic carboxylic acids is 2. The molecule has 0 saturated carbocycles. The van der Waals surface area contributed by atoms with E-state index in [0.29, 0.717) is 11.4 Å². The summed E-state index contributed by atoms with van der Waals surface area (Å²) in [5, 5.41) is 18.1. The number of aromatic nitrogens is 1. The van der Waals surface area contributed by atoms with Gasteiger partial charge in [0.1, 0.15) is 0 Å². The average Bonchev–Trinajstić information content (AvgIpc) is 2.47. The van der Waals surface area contributed by atoms with Crippen LogP contribution in [0.3, 0.4) is 0 Å². The van der Waals surface area contributed by atoms with E-state index in [-0.39, 0.29) is 16.8 Å². The number of carboxylic acid groups (broad SMARTS) is 2. The van der Waals surface area contributed by atoms with Crippen molar-refractivity contribution in [2.75, 3.05) is 0 Å². The SMILES string of the molecule is CC(=Nc1cc(C(=O)O)ccc1C(=O)O)c1ccccn1. The second kappa shape index (κ2) is 5.96. The minimum atomic E-state index is -1.17. The van der Waals surface area contributed by atoms with Gasteiger partial charge in [-0.3, -0.25) is 9.98 Å². The van der Waals surface area contributed by atoms with Gasteiger partial charge >= 0.3 is 11.9 Å². The van der Waals surface area contributed by atoms with Gasteiger partial charge in [0.05, 0.1) is 28.2 Å². The summed E-state index contributed by atoms with van der Waals surface area (Å²) in [6.07, 6.45) is 1.60. The molecule has 0 aliphatic heterocycles. The molecular weight excluding hydrogens is 272 g/mol. The lowest BCUT2D eigenvalue weighted by Crippen LogP contribution is -2.03. The molecule has 2 aromatic rings. The summed E-state index contributed by atoms with van der Waals surface area (Å²) in [5.74, 6) is -2.31. The van der Waals surface area contributed by atoms with Crippen LogP contribution in [0.15, 0.2) is 47.6 Å². The van der Waals surface area contributed by atoms with Crippen molar-refractivity contribution in [2.24, 2.45) is 4.99 Å². The average molecular weight is 284 g/mol. The molecule has 0 radical (unpaired) electrons. The predicted octanol–water partition coefficient (Wildman–Crippen LogP) is 2.62. The van der Waals surface area contributed by atoms with E-state index in [2.05, 4.69) is 9.98 Å². The fraction of sp³-hybridized carbons (Fsp3) is 0.0667. The molecule has 0 aliphatic carbocycles. The van der Waals surface area contributed by atoms with Crippen molar-refractivity contribution in [3.8, 4) is 0 Å². The lowest BCUT2D eigenvalue weighted by atomic mass is 10.1. The smallest absolute Gasteiger partial charge is 0.337 e. The maximum absolute atomic E-state index is 11.2. The van der Waals surface area contributed by atoms with Crippen molar-refractivity contribution in [3.63, 3.8) is 0 Å². The molecule has 1 aromatic carbocycles. The standard InChI is InChI=1S/C15H12N2O4/c1-9(12-4-2-3-7-16-12)17-13-8-10(14(18)19)5-6-11(13)15(20)21/h2-8H,1H3,(H,18,19)(H,20,21). The third kappa shape index (κ3) is 3.30. The Hall–Kier alpha value is -3.02. The zero-order chi connectivity index (χ0) is 15.4. The van der Waals surface area contributed by atoms with Gasteiger partial charge < -0.3 is 10.2 Å². The van der Waals surface area contributed by atoms with E-state index in [1.54, 1.807) is 31.3 Å². The first-order chi connectivity index (χ1) is 9.99. The van der Waals surface area contributed by atoms with Gasteiger partial charge in [0.15, 0.2) is 0 Å². The van der Waals surface area contributed by atoms with E-state index in [1.165, 1.54) is 18.2 Å². The minimum Gasteiger partial charge on any atom is -0.478 e. The van der Waals surface area contributed by atoms with Gasteiger partial charge in [0.25, 0.3) is 0 Å². The molecule has 0 saturated heterocycles. The van der Waals surface area contributed by atoms with Crippen molar-refractivity contribution in [1.29, 1.82) is 0 Å². The molecule has 0 spiro atoms. The van der Waals surface area contributed by atoms with Crippen LogP contribution >= 0.6 is 0 Å². The summed E-state index contributed by atoms with van der Waals surface area (Å²) in [5.41, 5.74) is 1.10. The summed E-state index contributed by atoms with van der Waals surface area (Å²) in [6.45, 7) is 1.68. The number of nitrogens with zero attached hydrogens (tertiary/aromatic N) is 2. The molecule has 6 heteroatoms. The van der Waals surface area contributed by atoms with E-state index in [0.717, 1.165) is 0 Å². The Labute approximate surface area is 120 Å². The van der Waals surface area contributed by atoms with Gasteiger partial charge in [-0.05, 0) is 37.3 Å². The second-order valence-electron chi connectivity index (χ2n) is 4.25. The molecule has 0 atom stereocenters. The first-order valence-electron chi connectivity index (χ1n) is 6.06. The fourth-order valence-corrected chi connectivity index (χ4v) is 1.75. The van der Waals surface area contributed by atoms with Crippen LogP contribution in [0, 0.1) is 0 Å². The zero-order valence-electron chi connectivity index (χ0n) is 11.1. The van der Waals surface area contributed by atoms with Crippen molar-refractivity contribution in [2.45, 2.75) is 6.92 Å². The van der Waals surface area contributed by atoms with E-state index >= 15 is 0 Å². The lowest BCUT2D eigenvalue weighted by molar-refractivity contribution is 0.0682. The van der Waals surface area contributed by atoms with Gasteiger partial charge in [-0.1, -0.05) is 6.07 Å². The topological polar surface area (TPSA) is 99.8 Å². The van der Waals surface area contributed by atoms with Crippen LogP contribution in [-0.4, -0.2) is 32.8 Å². The molecule has 0 amide bonds. The van der Waals surface area contributed by atoms with Crippen LogP contribution in [0.4, 0.5) is 5.69 Å². The van der Waals surface area contributed by atoms with E-state index in [9.17, 15) is 9.59 Å².